The van der Waals surface area contributed by atoms with Gasteiger partial charge < -0.3 is 5.32 Å². The molecule has 1 aromatic carbocycles. The number of hydrogen-bond donors (Lipinski definition) is 1. The summed E-state index contributed by atoms with van der Waals surface area (Å²) in [6, 6.07) is 6.26. The molecule has 0 aliphatic rings. The van der Waals surface area contributed by atoms with Crippen LogP contribution in [0.2, 0.25) is 0 Å². The van der Waals surface area contributed by atoms with E-state index >= 15 is 0 Å². The summed E-state index contributed by atoms with van der Waals surface area (Å²) in [5.41, 5.74) is 4.73. The first-order chi connectivity index (χ1) is 8.13. The van der Waals surface area contributed by atoms with Gasteiger partial charge in [-0.15, -0.1) is 0 Å². The van der Waals surface area contributed by atoms with Crippen molar-refractivity contribution in [3.8, 4) is 5.69 Å². The molecular weight excluding hydrogens is 278 g/mol. The monoisotopic (exact) mass is 293 g/mol. The van der Waals surface area contributed by atoms with Crippen LogP contribution >= 0.6 is 15.9 Å². The molecule has 0 radical (unpaired) electrons. The minimum Gasteiger partial charge on any atom is -0.316 e. The lowest BCUT2D eigenvalue weighted by Crippen LogP contribution is -2.06. The number of benzene rings is 1. The molecule has 0 saturated heterocycles. The van der Waals surface area contributed by atoms with Gasteiger partial charge in [-0.25, -0.2) is 4.68 Å². The molecule has 0 fully saturated rings. The maximum absolute atomic E-state index is 4.44. The normalized spacial score (nSPS) is 10.8. The Morgan fingerprint density at radius 2 is 2.12 bits per heavy atom. The van der Waals surface area contributed by atoms with Crippen molar-refractivity contribution in [2.75, 3.05) is 7.05 Å². The molecule has 1 aromatic heterocycles. The summed E-state index contributed by atoms with van der Waals surface area (Å²) in [5, 5.41) is 7.59. The number of nitrogens with zero attached hydrogens (tertiary/aromatic N) is 2. The van der Waals surface area contributed by atoms with E-state index in [1.165, 1.54) is 16.8 Å². The zero-order valence-corrected chi connectivity index (χ0v) is 11.9. The third-order valence-corrected chi connectivity index (χ3v) is 3.75. The van der Waals surface area contributed by atoms with Crippen molar-refractivity contribution in [3.05, 3.63) is 45.7 Å². The standard InChI is InChI=1S/C13H16BrN3/c1-9-6-12(4-5-13(9)14)17-10(2)11(7-15-3)8-16-17/h4-6,8,15H,7H2,1-3H3. The van der Waals surface area contributed by atoms with Gasteiger partial charge in [0.25, 0.3) is 0 Å². The average molecular weight is 294 g/mol. The third kappa shape index (κ3) is 2.42. The van der Waals surface area contributed by atoms with Crippen LogP contribution in [-0.2, 0) is 6.54 Å². The Hall–Kier alpha value is -1.13. The highest BCUT2D eigenvalue weighted by Gasteiger charge is 2.08. The van der Waals surface area contributed by atoms with Crippen LogP contribution in [0.25, 0.3) is 5.69 Å². The Kier molecular flexibility index (Phi) is 3.64. The Bertz CT molecular complexity index is 531. The van der Waals surface area contributed by atoms with E-state index in [9.17, 15) is 0 Å². The number of aromatic nitrogens is 2. The molecule has 17 heavy (non-hydrogen) atoms. The van der Waals surface area contributed by atoms with Crippen LogP contribution in [0.5, 0.6) is 0 Å². The van der Waals surface area contributed by atoms with Gasteiger partial charge in [-0.2, -0.15) is 5.10 Å². The fourth-order valence-corrected chi connectivity index (χ4v) is 2.08. The van der Waals surface area contributed by atoms with Crippen LogP contribution in [0.4, 0.5) is 0 Å². The number of halogens is 1. The van der Waals surface area contributed by atoms with Gasteiger partial charge in [0, 0.05) is 22.3 Å². The zero-order chi connectivity index (χ0) is 12.4. The second-order valence-corrected chi connectivity index (χ2v) is 4.99. The largest absolute Gasteiger partial charge is 0.316 e. The van der Waals surface area contributed by atoms with Crippen molar-refractivity contribution < 1.29 is 0 Å². The third-order valence-electron chi connectivity index (χ3n) is 2.86. The number of hydrogen-bond acceptors (Lipinski definition) is 2. The maximum Gasteiger partial charge on any atom is 0.0652 e. The smallest absolute Gasteiger partial charge is 0.0652 e. The molecule has 2 rings (SSSR count). The van der Waals surface area contributed by atoms with E-state index < -0.39 is 0 Å². The molecule has 0 amide bonds. The fraction of sp³-hybridized carbons (Fsp3) is 0.308. The molecule has 0 spiro atoms. The first-order valence-corrected chi connectivity index (χ1v) is 6.37. The summed E-state index contributed by atoms with van der Waals surface area (Å²) in [4.78, 5) is 0. The van der Waals surface area contributed by atoms with Crippen LogP contribution in [0.15, 0.2) is 28.9 Å². The van der Waals surface area contributed by atoms with E-state index in [1.54, 1.807) is 0 Å². The van der Waals surface area contributed by atoms with Gasteiger partial charge in [-0.05, 0) is 44.7 Å². The van der Waals surface area contributed by atoms with Crippen molar-refractivity contribution >= 4 is 15.9 Å². The lowest BCUT2D eigenvalue weighted by molar-refractivity contribution is 0.801. The fourth-order valence-electron chi connectivity index (χ4n) is 1.83. The second kappa shape index (κ2) is 5.02. The van der Waals surface area contributed by atoms with Gasteiger partial charge in [-0.1, -0.05) is 15.9 Å². The molecule has 2 aromatic rings. The van der Waals surface area contributed by atoms with E-state index in [4.69, 9.17) is 0 Å². The second-order valence-electron chi connectivity index (χ2n) is 4.13. The lowest BCUT2D eigenvalue weighted by atomic mass is 10.2. The predicted octanol–water partition coefficient (Wildman–Crippen LogP) is 2.97. The van der Waals surface area contributed by atoms with Gasteiger partial charge in [0.2, 0.25) is 0 Å². The minimum atomic E-state index is 0.849. The highest BCUT2D eigenvalue weighted by Crippen LogP contribution is 2.21. The van der Waals surface area contributed by atoms with Crippen LogP contribution in [0.3, 0.4) is 0 Å². The number of nitrogens with one attached hydrogen (secondary N) is 1. The molecule has 3 nitrogen and oxygen atoms in total. The summed E-state index contributed by atoms with van der Waals surface area (Å²) in [7, 11) is 1.94. The Morgan fingerprint density at radius 3 is 2.76 bits per heavy atom. The Morgan fingerprint density at radius 1 is 1.35 bits per heavy atom. The molecule has 1 N–H and O–H groups in total. The van der Waals surface area contributed by atoms with Gasteiger partial charge in [0.1, 0.15) is 0 Å². The molecule has 0 atom stereocenters. The summed E-state index contributed by atoms with van der Waals surface area (Å²) in [6.45, 7) is 5.03. The van der Waals surface area contributed by atoms with Crippen molar-refractivity contribution in [3.63, 3.8) is 0 Å². The van der Waals surface area contributed by atoms with E-state index in [-0.39, 0.29) is 0 Å². The Balaban J connectivity index is 2.42. The molecule has 0 aliphatic carbocycles. The topological polar surface area (TPSA) is 29.9 Å². The van der Waals surface area contributed by atoms with Crippen molar-refractivity contribution in [1.29, 1.82) is 0 Å². The number of aryl methyl sites for hydroxylation is 1. The molecule has 0 saturated carbocycles. The van der Waals surface area contributed by atoms with E-state index in [2.05, 4.69) is 58.4 Å². The lowest BCUT2D eigenvalue weighted by Gasteiger charge is -2.07. The van der Waals surface area contributed by atoms with Crippen molar-refractivity contribution in [2.45, 2.75) is 20.4 Å². The number of rotatable bonds is 3. The quantitative estimate of drug-likeness (QED) is 0.943. The first-order valence-electron chi connectivity index (χ1n) is 5.58. The molecule has 90 valence electrons. The molecular formula is C13H16BrN3. The van der Waals surface area contributed by atoms with Crippen LogP contribution in [0, 0.1) is 13.8 Å². The van der Waals surface area contributed by atoms with Crippen LogP contribution < -0.4 is 5.32 Å². The van der Waals surface area contributed by atoms with Gasteiger partial charge in [0.15, 0.2) is 0 Å². The molecule has 1 heterocycles. The summed E-state index contributed by atoms with van der Waals surface area (Å²) in [5.74, 6) is 0. The molecule has 0 unspecified atom stereocenters. The first kappa shape index (κ1) is 12.3. The molecule has 0 aliphatic heterocycles. The van der Waals surface area contributed by atoms with Crippen molar-refractivity contribution in [2.24, 2.45) is 0 Å². The van der Waals surface area contributed by atoms with E-state index in [1.807, 2.05) is 17.9 Å². The molecule has 4 heteroatoms. The highest BCUT2D eigenvalue weighted by molar-refractivity contribution is 9.10. The van der Waals surface area contributed by atoms with E-state index in [0.29, 0.717) is 0 Å². The van der Waals surface area contributed by atoms with Crippen LogP contribution in [0.1, 0.15) is 16.8 Å². The zero-order valence-electron chi connectivity index (χ0n) is 10.3. The van der Waals surface area contributed by atoms with Crippen LogP contribution in [-0.4, -0.2) is 16.8 Å². The highest BCUT2D eigenvalue weighted by atomic mass is 79.9. The molecule has 0 bridgehead atoms. The minimum absolute atomic E-state index is 0.849. The maximum atomic E-state index is 4.44. The summed E-state index contributed by atoms with van der Waals surface area (Å²) in [6.07, 6.45) is 1.92. The SMILES string of the molecule is CNCc1cnn(-c2ccc(Br)c(C)c2)c1C. The van der Waals surface area contributed by atoms with Gasteiger partial charge in [0.05, 0.1) is 11.9 Å². The predicted molar refractivity (Wildman–Crippen MR) is 73.5 cm³/mol. The summed E-state index contributed by atoms with van der Waals surface area (Å²) >= 11 is 3.51. The van der Waals surface area contributed by atoms with E-state index in [0.717, 1.165) is 16.7 Å². The average Bonchev–Trinajstić information content (AvgIpc) is 2.66. The van der Waals surface area contributed by atoms with Gasteiger partial charge in [-0.3, -0.25) is 0 Å². The summed E-state index contributed by atoms with van der Waals surface area (Å²) < 4.78 is 3.10. The van der Waals surface area contributed by atoms with Crippen molar-refractivity contribution in [1.82, 2.24) is 15.1 Å². The van der Waals surface area contributed by atoms with Gasteiger partial charge >= 0.3 is 0 Å². The Labute approximate surface area is 110 Å².